The predicted octanol–water partition coefficient (Wildman–Crippen LogP) is 4.12. The lowest BCUT2D eigenvalue weighted by Gasteiger charge is -2.05. The fourth-order valence-electron chi connectivity index (χ4n) is 1.52. The van der Waals surface area contributed by atoms with E-state index in [1.165, 1.54) is 0 Å². The lowest BCUT2D eigenvalue weighted by Crippen LogP contribution is -1.88. The Morgan fingerprint density at radius 2 is 2.06 bits per heavy atom. The maximum atomic E-state index is 8.66. The van der Waals surface area contributed by atoms with Crippen LogP contribution in [0.1, 0.15) is 5.56 Å². The van der Waals surface area contributed by atoms with Crippen LogP contribution in [0.3, 0.4) is 0 Å². The van der Waals surface area contributed by atoms with Crippen molar-refractivity contribution in [2.24, 2.45) is 0 Å². The second-order valence-electron chi connectivity index (χ2n) is 3.49. The van der Waals surface area contributed by atoms with Gasteiger partial charge in [-0.25, -0.2) is 0 Å². The van der Waals surface area contributed by atoms with Crippen molar-refractivity contribution in [2.45, 2.75) is 6.42 Å². The SMILES string of the molecule is N#CCc1ccnc(-c2cccc(Cl)c2Cl)c1. The molecule has 0 radical (unpaired) electrons. The third kappa shape index (κ3) is 2.58. The molecule has 0 N–H and O–H groups in total. The van der Waals surface area contributed by atoms with Gasteiger partial charge in [-0.1, -0.05) is 35.3 Å². The first-order valence-corrected chi connectivity index (χ1v) is 5.74. The highest BCUT2D eigenvalue weighted by molar-refractivity contribution is 6.43. The standard InChI is InChI=1S/C13H8Cl2N2/c14-11-3-1-2-10(13(11)15)12-8-9(4-6-16)5-7-17-12/h1-3,5,7-8H,4H2. The lowest BCUT2D eigenvalue weighted by molar-refractivity contribution is 1.21. The molecule has 17 heavy (non-hydrogen) atoms. The summed E-state index contributed by atoms with van der Waals surface area (Å²) in [5.74, 6) is 0. The van der Waals surface area contributed by atoms with Gasteiger partial charge in [0.25, 0.3) is 0 Å². The van der Waals surface area contributed by atoms with Gasteiger partial charge in [-0.05, 0) is 23.8 Å². The molecule has 0 aliphatic carbocycles. The number of hydrogen-bond donors (Lipinski definition) is 0. The fraction of sp³-hybridized carbons (Fsp3) is 0.0769. The number of aromatic nitrogens is 1. The highest BCUT2D eigenvalue weighted by Gasteiger charge is 2.08. The summed E-state index contributed by atoms with van der Waals surface area (Å²) in [6.07, 6.45) is 2.02. The lowest BCUT2D eigenvalue weighted by atomic mass is 10.1. The summed E-state index contributed by atoms with van der Waals surface area (Å²) in [5.41, 5.74) is 2.41. The number of nitrogens with zero attached hydrogens (tertiary/aromatic N) is 2. The summed E-state index contributed by atoms with van der Waals surface area (Å²) in [7, 11) is 0. The van der Waals surface area contributed by atoms with Crippen molar-refractivity contribution in [3.63, 3.8) is 0 Å². The molecule has 4 heteroatoms. The number of benzene rings is 1. The molecular weight excluding hydrogens is 255 g/mol. The molecule has 2 aromatic rings. The second-order valence-corrected chi connectivity index (χ2v) is 4.27. The summed E-state index contributed by atoms with van der Waals surface area (Å²) in [5, 5.41) is 9.64. The van der Waals surface area contributed by atoms with Crippen LogP contribution in [-0.4, -0.2) is 4.98 Å². The van der Waals surface area contributed by atoms with Gasteiger partial charge in [-0.3, -0.25) is 4.98 Å². The first-order valence-electron chi connectivity index (χ1n) is 4.98. The normalized spacial score (nSPS) is 9.94. The molecule has 0 saturated carbocycles. The van der Waals surface area contributed by atoms with Crippen LogP contribution in [-0.2, 0) is 6.42 Å². The van der Waals surface area contributed by atoms with Gasteiger partial charge in [0.05, 0.1) is 28.2 Å². The third-order valence-electron chi connectivity index (χ3n) is 2.34. The summed E-state index contributed by atoms with van der Waals surface area (Å²) in [4.78, 5) is 4.24. The van der Waals surface area contributed by atoms with E-state index < -0.39 is 0 Å². The molecule has 0 bridgehead atoms. The van der Waals surface area contributed by atoms with Gasteiger partial charge in [-0.15, -0.1) is 0 Å². The first-order chi connectivity index (χ1) is 8.22. The topological polar surface area (TPSA) is 36.7 Å². The highest BCUT2D eigenvalue weighted by Crippen LogP contribution is 2.32. The van der Waals surface area contributed by atoms with Crippen LogP contribution in [0.2, 0.25) is 10.0 Å². The predicted molar refractivity (Wildman–Crippen MR) is 69.0 cm³/mol. The van der Waals surface area contributed by atoms with Crippen LogP contribution >= 0.6 is 23.2 Å². The quantitative estimate of drug-likeness (QED) is 0.817. The molecule has 0 atom stereocenters. The molecule has 1 aromatic heterocycles. The van der Waals surface area contributed by atoms with Crippen molar-refractivity contribution in [3.05, 3.63) is 52.1 Å². The number of pyridine rings is 1. The summed E-state index contributed by atoms with van der Waals surface area (Å²) in [6, 6.07) is 11.2. The van der Waals surface area contributed by atoms with E-state index in [1.807, 2.05) is 24.3 Å². The van der Waals surface area contributed by atoms with Gasteiger partial charge in [0, 0.05) is 11.8 Å². The van der Waals surface area contributed by atoms with Crippen LogP contribution in [0.15, 0.2) is 36.5 Å². The number of hydrogen-bond acceptors (Lipinski definition) is 2. The zero-order chi connectivity index (χ0) is 12.3. The minimum atomic E-state index is 0.355. The average molecular weight is 263 g/mol. The van der Waals surface area contributed by atoms with E-state index in [2.05, 4.69) is 11.1 Å². The molecule has 0 aliphatic rings. The molecule has 2 nitrogen and oxygen atoms in total. The van der Waals surface area contributed by atoms with E-state index in [9.17, 15) is 0 Å². The Morgan fingerprint density at radius 1 is 1.24 bits per heavy atom. The van der Waals surface area contributed by atoms with Gasteiger partial charge in [0.1, 0.15) is 0 Å². The Hall–Kier alpha value is -1.56. The Bertz CT molecular complexity index is 588. The second kappa shape index (κ2) is 5.18. The summed E-state index contributed by atoms with van der Waals surface area (Å²) < 4.78 is 0. The third-order valence-corrected chi connectivity index (χ3v) is 3.15. The zero-order valence-electron chi connectivity index (χ0n) is 8.82. The fourth-order valence-corrected chi connectivity index (χ4v) is 1.92. The molecule has 0 spiro atoms. The maximum absolute atomic E-state index is 8.66. The smallest absolute Gasteiger partial charge is 0.0720 e. The minimum absolute atomic E-state index is 0.355. The summed E-state index contributed by atoms with van der Waals surface area (Å²) >= 11 is 12.1. The molecule has 1 heterocycles. The molecule has 1 aromatic carbocycles. The van der Waals surface area contributed by atoms with Crippen molar-refractivity contribution in [3.8, 4) is 17.3 Å². The molecule has 0 fully saturated rings. The van der Waals surface area contributed by atoms with E-state index in [0.717, 1.165) is 16.8 Å². The van der Waals surface area contributed by atoms with Gasteiger partial charge in [-0.2, -0.15) is 5.26 Å². The molecule has 2 rings (SSSR count). The van der Waals surface area contributed by atoms with Crippen LogP contribution in [0.25, 0.3) is 11.3 Å². The average Bonchev–Trinajstić information content (AvgIpc) is 2.33. The Labute approximate surface area is 109 Å². The van der Waals surface area contributed by atoms with E-state index in [1.54, 1.807) is 12.3 Å². The van der Waals surface area contributed by atoms with E-state index in [4.69, 9.17) is 28.5 Å². The molecule has 0 aliphatic heterocycles. The van der Waals surface area contributed by atoms with Gasteiger partial charge < -0.3 is 0 Å². The van der Waals surface area contributed by atoms with Crippen molar-refractivity contribution < 1.29 is 0 Å². The number of nitriles is 1. The van der Waals surface area contributed by atoms with Crippen LogP contribution in [0.4, 0.5) is 0 Å². The molecule has 0 saturated heterocycles. The van der Waals surface area contributed by atoms with Crippen LogP contribution in [0, 0.1) is 11.3 Å². The monoisotopic (exact) mass is 262 g/mol. The van der Waals surface area contributed by atoms with Crippen molar-refractivity contribution in [1.29, 1.82) is 5.26 Å². The maximum Gasteiger partial charge on any atom is 0.0720 e. The first kappa shape index (κ1) is 11.9. The Morgan fingerprint density at radius 3 is 2.82 bits per heavy atom. The van der Waals surface area contributed by atoms with Crippen molar-refractivity contribution in [2.75, 3.05) is 0 Å². The van der Waals surface area contributed by atoms with Gasteiger partial charge in [0.2, 0.25) is 0 Å². The van der Waals surface area contributed by atoms with E-state index in [0.29, 0.717) is 16.5 Å². The van der Waals surface area contributed by atoms with Crippen molar-refractivity contribution >= 4 is 23.2 Å². The van der Waals surface area contributed by atoms with Crippen LogP contribution < -0.4 is 0 Å². The van der Waals surface area contributed by atoms with Crippen molar-refractivity contribution in [1.82, 2.24) is 4.98 Å². The Kier molecular flexibility index (Phi) is 3.63. The zero-order valence-corrected chi connectivity index (χ0v) is 10.3. The Balaban J connectivity index is 2.50. The molecular formula is C13H8Cl2N2. The van der Waals surface area contributed by atoms with Crippen LogP contribution in [0.5, 0.6) is 0 Å². The van der Waals surface area contributed by atoms with E-state index >= 15 is 0 Å². The molecule has 0 unspecified atom stereocenters. The van der Waals surface area contributed by atoms with Gasteiger partial charge >= 0.3 is 0 Å². The van der Waals surface area contributed by atoms with E-state index in [-0.39, 0.29) is 0 Å². The van der Waals surface area contributed by atoms with Gasteiger partial charge in [0.15, 0.2) is 0 Å². The highest BCUT2D eigenvalue weighted by atomic mass is 35.5. The molecule has 84 valence electrons. The largest absolute Gasteiger partial charge is 0.256 e. The number of halogens is 2. The number of rotatable bonds is 2. The molecule has 0 amide bonds. The minimum Gasteiger partial charge on any atom is -0.256 e. The summed E-state index contributed by atoms with van der Waals surface area (Å²) in [6.45, 7) is 0.